The van der Waals surface area contributed by atoms with Gasteiger partial charge in [0.25, 0.3) is 5.91 Å². The lowest BCUT2D eigenvalue weighted by molar-refractivity contribution is -0.169. The Morgan fingerprint density at radius 2 is 1.85 bits per heavy atom. The molecule has 1 aromatic rings. The lowest BCUT2D eigenvalue weighted by Gasteiger charge is -2.27. The maximum absolute atomic E-state index is 12.1. The Morgan fingerprint density at radius 3 is 2.59 bits per heavy atom. The van der Waals surface area contributed by atoms with E-state index < -0.39 is 5.41 Å². The van der Waals surface area contributed by atoms with Crippen molar-refractivity contribution in [1.82, 2.24) is 5.06 Å². The molecule has 1 aromatic carbocycles. The predicted octanol–water partition coefficient (Wildman–Crippen LogP) is 7.00. The molecular weight excluding hydrogens is 442 g/mol. The van der Waals surface area contributed by atoms with Gasteiger partial charge in [0, 0.05) is 18.2 Å². The molecule has 0 aromatic heterocycles. The zero-order valence-electron chi connectivity index (χ0n) is 21.2. The number of carbonyl (C=O) groups excluding carboxylic acids is 1. The maximum Gasteiger partial charge on any atom is 0.251 e. The normalized spacial score (nSPS) is 24.5. The summed E-state index contributed by atoms with van der Waals surface area (Å²) in [6, 6.07) is 10.5. The second kappa shape index (κ2) is 13.5. The van der Waals surface area contributed by atoms with Gasteiger partial charge >= 0.3 is 0 Å². The number of nitrogens with zero attached hydrogens (tertiary/aromatic N) is 1. The number of benzene rings is 1. The molecule has 2 heterocycles. The van der Waals surface area contributed by atoms with Crippen LogP contribution in [0, 0.1) is 17.3 Å². The molecule has 2 fully saturated rings. The summed E-state index contributed by atoms with van der Waals surface area (Å²) in [5, 5.41) is 10.1. The molecule has 3 rings (SSSR count). The number of rotatable bonds is 14. The summed E-state index contributed by atoms with van der Waals surface area (Å²) < 4.78 is 6.29. The van der Waals surface area contributed by atoms with Crippen molar-refractivity contribution >= 4 is 23.7 Å². The first kappa shape index (κ1) is 27.0. The molecule has 34 heavy (non-hydrogen) atoms. The number of amides is 1. The number of carbonyl (C=O) groups is 1. The average Bonchev–Trinajstić information content (AvgIpc) is 3.42. The fraction of sp³-hybridized carbons (Fsp3) is 0.621. The SMILES string of the molecule is CN(O)C(=O)C(C)(C)CC/C=C\C[C@H]1[C@@H](CCCCSCC=Cc2ccccc2)[C@H]2CC[C@@H]1O2. The van der Waals surface area contributed by atoms with Crippen LogP contribution in [0.15, 0.2) is 48.6 Å². The van der Waals surface area contributed by atoms with Crippen molar-refractivity contribution in [3.8, 4) is 0 Å². The molecule has 1 amide bonds. The van der Waals surface area contributed by atoms with E-state index in [1.807, 2.05) is 25.6 Å². The third kappa shape index (κ3) is 8.00. The van der Waals surface area contributed by atoms with Gasteiger partial charge in [0.2, 0.25) is 0 Å². The number of thioether (sulfide) groups is 1. The van der Waals surface area contributed by atoms with Crippen LogP contribution in [0.5, 0.6) is 0 Å². The first-order valence-electron chi connectivity index (χ1n) is 13.0. The van der Waals surface area contributed by atoms with Crippen LogP contribution in [0.25, 0.3) is 6.08 Å². The largest absolute Gasteiger partial charge is 0.374 e. The van der Waals surface area contributed by atoms with E-state index in [-0.39, 0.29) is 5.91 Å². The minimum atomic E-state index is -0.540. The molecule has 0 radical (unpaired) electrons. The molecule has 5 heteroatoms. The number of hydroxylamine groups is 2. The van der Waals surface area contributed by atoms with Gasteiger partial charge < -0.3 is 4.74 Å². The molecule has 2 aliphatic heterocycles. The lowest BCUT2D eigenvalue weighted by atomic mass is 9.75. The Bertz CT molecular complexity index is 805. The van der Waals surface area contributed by atoms with Gasteiger partial charge in [-0.25, -0.2) is 5.06 Å². The fourth-order valence-electron chi connectivity index (χ4n) is 5.44. The summed E-state index contributed by atoms with van der Waals surface area (Å²) in [4.78, 5) is 12.1. The molecule has 0 unspecified atom stereocenters. The molecule has 0 spiro atoms. The number of unbranched alkanes of at least 4 members (excludes halogenated alkanes) is 1. The first-order valence-corrected chi connectivity index (χ1v) is 14.1. The van der Waals surface area contributed by atoms with Crippen molar-refractivity contribution in [2.45, 2.75) is 77.4 Å². The Labute approximate surface area is 210 Å². The van der Waals surface area contributed by atoms with Gasteiger partial charge in [-0.3, -0.25) is 10.0 Å². The highest BCUT2D eigenvalue weighted by molar-refractivity contribution is 7.99. The monoisotopic (exact) mass is 485 g/mol. The minimum Gasteiger partial charge on any atom is -0.374 e. The van der Waals surface area contributed by atoms with Gasteiger partial charge in [-0.1, -0.05) is 74.9 Å². The topological polar surface area (TPSA) is 49.8 Å². The lowest BCUT2D eigenvalue weighted by Crippen LogP contribution is -2.36. The third-order valence-electron chi connectivity index (χ3n) is 7.37. The van der Waals surface area contributed by atoms with Gasteiger partial charge in [-0.2, -0.15) is 11.8 Å². The van der Waals surface area contributed by atoms with E-state index >= 15 is 0 Å². The van der Waals surface area contributed by atoms with E-state index in [0.717, 1.165) is 25.0 Å². The molecule has 0 saturated carbocycles. The third-order valence-corrected chi connectivity index (χ3v) is 8.38. The van der Waals surface area contributed by atoms with E-state index in [0.29, 0.717) is 29.1 Å². The molecule has 0 aliphatic carbocycles. The van der Waals surface area contributed by atoms with E-state index in [1.165, 1.54) is 50.5 Å². The zero-order valence-corrected chi connectivity index (χ0v) is 22.0. The summed E-state index contributed by atoms with van der Waals surface area (Å²) in [6.07, 6.45) is 18.9. The molecule has 2 bridgehead atoms. The van der Waals surface area contributed by atoms with Crippen molar-refractivity contribution in [3.05, 3.63) is 54.1 Å². The predicted molar refractivity (Wildman–Crippen MR) is 143 cm³/mol. The van der Waals surface area contributed by atoms with Crippen molar-refractivity contribution in [2.24, 2.45) is 17.3 Å². The van der Waals surface area contributed by atoms with Crippen LogP contribution in [0.2, 0.25) is 0 Å². The fourth-order valence-corrected chi connectivity index (χ4v) is 6.25. The second-order valence-corrected chi connectivity index (χ2v) is 11.6. The minimum absolute atomic E-state index is 0.229. The van der Waals surface area contributed by atoms with Crippen LogP contribution in [-0.2, 0) is 9.53 Å². The van der Waals surface area contributed by atoms with Crippen LogP contribution >= 0.6 is 11.8 Å². The number of hydrogen-bond acceptors (Lipinski definition) is 4. The highest BCUT2D eigenvalue weighted by Gasteiger charge is 2.47. The number of fused-ring (bicyclic) bond motifs is 2. The maximum atomic E-state index is 12.1. The van der Waals surface area contributed by atoms with Crippen LogP contribution in [0.1, 0.15) is 70.8 Å². The van der Waals surface area contributed by atoms with E-state index in [2.05, 4.69) is 54.6 Å². The Hall–Kier alpha value is -1.56. The second-order valence-electron chi connectivity index (χ2n) is 10.5. The smallest absolute Gasteiger partial charge is 0.251 e. The quantitative estimate of drug-likeness (QED) is 0.133. The summed E-state index contributed by atoms with van der Waals surface area (Å²) in [5.74, 6) is 3.43. The first-order chi connectivity index (χ1) is 16.4. The van der Waals surface area contributed by atoms with Gasteiger partial charge in [-0.15, -0.1) is 0 Å². The Balaban J connectivity index is 1.32. The molecule has 4 atom stereocenters. The van der Waals surface area contributed by atoms with Gasteiger partial charge in [0.15, 0.2) is 0 Å². The van der Waals surface area contributed by atoms with Crippen molar-refractivity contribution in [1.29, 1.82) is 0 Å². The number of ether oxygens (including phenoxy) is 1. The number of hydrogen-bond donors (Lipinski definition) is 1. The molecule has 2 saturated heterocycles. The molecule has 2 aliphatic rings. The number of allylic oxidation sites excluding steroid dienone is 2. The molecular formula is C29H43NO3S. The van der Waals surface area contributed by atoms with Crippen LogP contribution in [0.3, 0.4) is 0 Å². The highest BCUT2D eigenvalue weighted by Crippen LogP contribution is 2.47. The summed E-state index contributed by atoms with van der Waals surface area (Å²) in [6.45, 7) is 3.79. The van der Waals surface area contributed by atoms with E-state index in [1.54, 1.807) is 0 Å². The summed E-state index contributed by atoms with van der Waals surface area (Å²) >= 11 is 2.02. The molecule has 188 valence electrons. The Morgan fingerprint density at radius 1 is 1.12 bits per heavy atom. The highest BCUT2D eigenvalue weighted by atomic mass is 32.2. The summed E-state index contributed by atoms with van der Waals surface area (Å²) in [5.41, 5.74) is 0.732. The average molecular weight is 486 g/mol. The van der Waals surface area contributed by atoms with E-state index in [4.69, 9.17) is 4.74 Å². The van der Waals surface area contributed by atoms with Crippen molar-refractivity contribution in [3.63, 3.8) is 0 Å². The van der Waals surface area contributed by atoms with Gasteiger partial charge in [0.05, 0.1) is 12.2 Å². The van der Waals surface area contributed by atoms with Gasteiger partial charge in [0.1, 0.15) is 0 Å². The molecule has 4 nitrogen and oxygen atoms in total. The Kier molecular flexibility index (Phi) is 10.7. The molecule has 1 N–H and O–H groups in total. The van der Waals surface area contributed by atoms with Crippen molar-refractivity contribution < 1.29 is 14.7 Å². The van der Waals surface area contributed by atoms with Crippen LogP contribution in [0.4, 0.5) is 0 Å². The summed E-state index contributed by atoms with van der Waals surface area (Å²) in [7, 11) is 1.40. The van der Waals surface area contributed by atoms with Crippen LogP contribution < -0.4 is 0 Å². The standard InChI is InChI=1S/C29H43NO3S/c1-29(2,28(31)30(3)32)20-10-5-8-16-24-25(27-19-18-26(24)33-27)17-9-11-21-34-22-12-15-23-13-6-4-7-14-23/h4-8,12-15,24-27,32H,9-11,16-22H2,1-3H3/b8-5-,15-12?/t24-,25+,26-,27+/m0/s1. The van der Waals surface area contributed by atoms with Crippen molar-refractivity contribution in [2.75, 3.05) is 18.6 Å². The van der Waals surface area contributed by atoms with Crippen LogP contribution in [-0.4, -0.2) is 46.9 Å². The van der Waals surface area contributed by atoms with E-state index in [9.17, 15) is 10.0 Å². The zero-order chi connectivity index (χ0) is 24.4. The van der Waals surface area contributed by atoms with Gasteiger partial charge in [-0.05, 0) is 68.1 Å².